The molecule has 1 aromatic heterocycles. The minimum Gasteiger partial charge on any atom is -0.457 e. The number of nitro groups is 1. The van der Waals surface area contributed by atoms with Gasteiger partial charge in [-0.1, -0.05) is 110 Å². The summed E-state index contributed by atoms with van der Waals surface area (Å²) in [5, 5.41) is 12.9. The fourth-order valence-corrected chi connectivity index (χ4v) is 11.8. The van der Waals surface area contributed by atoms with Gasteiger partial charge in [-0.2, -0.15) is 0 Å². The van der Waals surface area contributed by atoms with E-state index in [-0.39, 0.29) is 59.1 Å². The highest BCUT2D eigenvalue weighted by Crippen LogP contribution is 2.44. The number of carbonyl (C=O) groups is 6. The van der Waals surface area contributed by atoms with Gasteiger partial charge in [-0.25, -0.2) is 9.78 Å². The number of cyclic esters (lactones) is 1. The van der Waals surface area contributed by atoms with Crippen LogP contribution in [0.25, 0.3) is 10.2 Å². The van der Waals surface area contributed by atoms with Gasteiger partial charge in [0.25, 0.3) is 11.8 Å². The number of esters is 2. The van der Waals surface area contributed by atoms with Crippen LogP contribution >= 0.6 is 11.3 Å². The monoisotopic (exact) mass is 1100 g/mol. The maximum absolute atomic E-state index is 15.4. The summed E-state index contributed by atoms with van der Waals surface area (Å²) in [6, 6.07) is 9.91. The number of hydrogen-bond donors (Lipinski definition) is 0. The van der Waals surface area contributed by atoms with E-state index in [1.54, 1.807) is 31.3 Å². The molecule has 3 heterocycles. The predicted molar refractivity (Wildman–Crippen MR) is 300 cm³/mol. The molecule has 5 atom stereocenters. The molecule has 18 heteroatoms. The number of aromatic nitrogens is 1. The second kappa shape index (κ2) is 28.2. The molecule has 77 heavy (non-hydrogen) atoms. The summed E-state index contributed by atoms with van der Waals surface area (Å²) in [4.78, 5) is 97.1. The fourth-order valence-electron chi connectivity index (χ4n) is 9.52. The van der Waals surface area contributed by atoms with Gasteiger partial charge in [-0.15, -0.1) is 17.9 Å². The summed E-state index contributed by atoms with van der Waals surface area (Å²) >= 11 is 1.60. The SMILES string of the molecule is C=CC[C@H]1C(=O)C(C)(C)[C@@H](O[Si](C)(C)C(C)(C)C)CC(=O)O[C@H](c2ccc3sc(C)nc3c2)CC=C(C)CCC[C@H](C)[C@@H]1OC(=O)OCc1ccc(OC(=O)CCCCCCCCCCN2C(=O)C=CC2=O)c([N+](=O)[O-])c1. The molecule has 0 saturated heterocycles. The Labute approximate surface area is 459 Å². The predicted octanol–water partition coefficient (Wildman–Crippen LogP) is 13.9. The highest BCUT2D eigenvalue weighted by Gasteiger charge is 2.50. The van der Waals surface area contributed by atoms with E-state index < -0.39 is 73.3 Å². The molecule has 2 aliphatic rings. The van der Waals surface area contributed by atoms with E-state index >= 15 is 4.79 Å². The summed E-state index contributed by atoms with van der Waals surface area (Å²) in [7, 11) is -2.65. The maximum Gasteiger partial charge on any atom is 0.508 e. The number of imide groups is 1. The van der Waals surface area contributed by atoms with Crippen molar-refractivity contribution in [2.75, 3.05) is 6.54 Å². The molecule has 16 nitrogen and oxygen atoms in total. The van der Waals surface area contributed by atoms with Crippen molar-refractivity contribution in [3.05, 3.63) is 99.1 Å². The van der Waals surface area contributed by atoms with Crippen LogP contribution in [0.15, 0.2) is 72.9 Å². The Kier molecular flexibility index (Phi) is 22.7. The number of benzene rings is 2. The molecule has 0 fully saturated rings. The lowest BCUT2D eigenvalue weighted by Crippen LogP contribution is -2.53. The number of amides is 2. The molecule has 0 saturated carbocycles. The van der Waals surface area contributed by atoms with E-state index in [1.165, 1.54) is 35.3 Å². The topological polar surface area (TPSA) is 208 Å². The van der Waals surface area contributed by atoms with Crippen molar-refractivity contribution in [2.24, 2.45) is 17.3 Å². The van der Waals surface area contributed by atoms with Crippen molar-refractivity contribution in [3.63, 3.8) is 0 Å². The van der Waals surface area contributed by atoms with Gasteiger partial charge in [0.15, 0.2) is 8.32 Å². The number of rotatable bonds is 21. The summed E-state index contributed by atoms with van der Waals surface area (Å²) in [6.07, 6.45) is 11.9. The molecule has 0 aliphatic carbocycles. The second-order valence-electron chi connectivity index (χ2n) is 22.8. The standard InChI is InChI=1S/C59H81N3O13SSi/c1-12-22-44-55(74-57(68)71-38-42-27-30-48(46(35-42)62(69)70)73-53(65)25-19-17-15-13-14-16-18-20-34-61-51(63)32-33-52(61)64)40(3)24-21-23-39(2)26-29-47(43-28-31-49-45(36-43)60-41(4)76-49)72-54(66)37-50(59(8,9)56(44)67)75-77(10,11)58(5,6)7/h12,26-28,30-33,35-36,40,44,47,50,55H,1,13-25,29,34,37-38H2,2-11H3/t40-,44+,47-,50-,55-/m0/s1. The minimum absolute atomic E-state index is 0.0747. The smallest absolute Gasteiger partial charge is 0.457 e. The number of allylic oxidation sites excluding steroid dienone is 2. The van der Waals surface area contributed by atoms with Crippen LogP contribution in [0.5, 0.6) is 5.75 Å². The van der Waals surface area contributed by atoms with E-state index in [4.69, 9.17) is 28.4 Å². The Balaban J connectivity index is 1.26. The highest BCUT2D eigenvalue weighted by atomic mass is 32.1. The van der Waals surface area contributed by atoms with Crippen molar-refractivity contribution in [1.82, 2.24) is 9.88 Å². The van der Waals surface area contributed by atoms with Crippen LogP contribution in [-0.2, 0) is 49.2 Å². The lowest BCUT2D eigenvalue weighted by atomic mass is 9.71. The van der Waals surface area contributed by atoms with Crippen LogP contribution in [0.2, 0.25) is 18.1 Å². The Hall–Kier alpha value is -5.85. The molecule has 2 aliphatic heterocycles. The van der Waals surface area contributed by atoms with Gasteiger partial charge in [-0.05, 0) is 106 Å². The third kappa shape index (κ3) is 17.8. The van der Waals surface area contributed by atoms with Crippen molar-refractivity contribution in [1.29, 1.82) is 0 Å². The summed E-state index contributed by atoms with van der Waals surface area (Å²) < 4.78 is 31.6. The zero-order valence-electron chi connectivity index (χ0n) is 46.9. The normalized spacial score (nSPS) is 20.9. The maximum atomic E-state index is 15.4. The average molecular weight is 1100 g/mol. The first kappa shape index (κ1) is 62.0. The summed E-state index contributed by atoms with van der Waals surface area (Å²) in [6.45, 7) is 23.9. The summed E-state index contributed by atoms with van der Waals surface area (Å²) in [5.74, 6) is -3.43. The van der Waals surface area contributed by atoms with Crippen molar-refractivity contribution < 1.29 is 57.1 Å². The molecule has 0 radical (unpaired) electrons. The first-order valence-electron chi connectivity index (χ1n) is 27.2. The van der Waals surface area contributed by atoms with Gasteiger partial charge in [0, 0.05) is 43.0 Å². The first-order chi connectivity index (χ1) is 36.3. The number of thiazole rings is 1. The van der Waals surface area contributed by atoms with Crippen molar-refractivity contribution in [2.45, 2.75) is 195 Å². The van der Waals surface area contributed by atoms with Crippen molar-refractivity contribution in [3.8, 4) is 5.75 Å². The highest BCUT2D eigenvalue weighted by molar-refractivity contribution is 7.18. The van der Waals surface area contributed by atoms with E-state index in [0.717, 1.165) is 71.3 Å². The molecule has 5 rings (SSSR count). The van der Waals surface area contributed by atoms with Gasteiger partial charge in [0.2, 0.25) is 5.75 Å². The molecule has 3 aromatic rings. The van der Waals surface area contributed by atoms with Gasteiger partial charge in [0.1, 0.15) is 24.6 Å². The van der Waals surface area contributed by atoms with Gasteiger partial charge >= 0.3 is 23.8 Å². The number of Topliss-reactive ketones (excluding diaryl/α,β-unsaturated/α-hetero) is 1. The minimum atomic E-state index is -2.65. The zero-order valence-corrected chi connectivity index (χ0v) is 48.8. The van der Waals surface area contributed by atoms with Gasteiger partial charge in [0.05, 0.1) is 38.6 Å². The van der Waals surface area contributed by atoms with Gasteiger partial charge < -0.3 is 23.4 Å². The molecule has 2 amide bonds. The van der Waals surface area contributed by atoms with Crippen LogP contribution in [0.3, 0.4) is 0 Å². The quantitative estimate of drug-likeness (QED) is 0.0142. The second-order valence-corrected chi connectivity index (χ2v) is 28.8. The molecule has 0 N–H and O–H groups in total. The Bertz CT molecular complexity index is 2650. The lowest BCUT2D eigenvalue weighted by molar-refractivity contribution is -0.385. The molecular formula is C59H81N3O13SSi. The molecular weight excluding hydrogens is 1020 g/mol. The van der Waals surface area contributed by atoms with E-state index in [1.807, 2.05) is 39.0 Å². The molecule has 2 aromatic carbocycles. The van der Waals surface area contributed by atoms with E-state index in [9.17, 15) is 34.1 Å². The average Bonchev–Trinajstić information content (AvgIpc) is 3.90. The Morgan fingerprint density at radius 3 is 2.29 bits per heavy atom. The number of nitrogens with zero attached hydrogens (tertiary/aromatic N) is 3. The third-order valence-electron chi connectivity index (χ3n) is 15.3. The van der Waals surface area contributed by atoms with Crippen LogP contribution < -0.4 is 4.74 Å². The first-order valence-corrected chi connectivity index (χ1v) is 30.9. The van der Waals surface area contributed by atoms with Crippen LogP contribution in [0, 0.1) is 34.3 Å². The van der Waals surface area contributed by atoms with Crippen LogP contribution in [0.1, 0.15) is 167 Å². The molecule has 0 bridgehead atoms. The Morgan fingerprint density at radius 2 is 1.64 bits per heavy atom. The summed E-state index contributed by atoms with van der Waals surface area (Å²) in [5.41, 5.74) is 1.21. The number of aryl methyl sites for hydroxylation is 1. The number of hydrogen-bond acceptors (Lipinski definition) is 15. The number of carbonyl (C=O) groups excluding carboxylic acids is 6. The third-order valence-corrected chi connectivity index (χ3v) is 20.7. The zero-order chi connectivity index (χ0) is 56.7. The molecule has 0 unspecified atom stereocenters. The number of nitro benzene ring substituents is 1. The van der Waals surface area contributed by atoms with Gasteiger partial charge in [-0.3, -0.25) is 39.0 Å². The molecule has 0 spiro atoms. The van der Waals surface area contributed by atoms with Crippen LogP contribution in [-0.4, -0.2) is 77.6 Å². The van der Waals surface area contributed by atoms with E-state index in [0.29, 0.717) is 38.6 Å². The largest absolute Gasteiger partial charge is 0.508 e. The molecule has 420 valence electrons. The van der Waals surface area contributed by atoms with Crippen LogP contribution in [0.4, 0.5) is 10.5 Å². The number of ketones is 1. The number of ether oxygens (including phenoxy) is 4. The van der Waals surface area contributed by atoms with Crippen molar-refractivity contribution >= 4 is 71.2 Å². The fraction of sp³-hybridized carbons (Fsp3) is 0.576. The number of fused-ring (bicyclic) bond motifs is 1. The number of unbranched alkanes of at least 4 members (excludes halogenated alkanes) is 7. The van der Waals surface area contributed by atoms with E-state index in [2.05, 4.69) is 46.5 Å². The lowest BCUT2D eigenvalue weighted by Gasteiger charge is -2.45. The Morgan fingerprint density at radius 1 is 0.974 bits per heavy atom.